The first kappa shape index (κ1) is 19.2. The lowest BCUT2D eigenvalue weighted by Crippen LogP contribution is -2.09. The lowest BCUT2D eigenvalue weighted by atomic mass is 9.98. The van der Waals surface area contributed by atoms with Gasteiger partial charge in [0.05, 0.1) is 26.9 Å². The maximum atomic E-state index is 13.2. The maximum Gasteiger partial charge on any atom is 0.337 e. The Labute approximate surface area is 161 Å². The van der Waals surface area contributed by atoms with Crippen molar-refractivity contribution in [2.24, 2.45) is 0 Å². The number of nitrogens with zero attached hydrogens (tertiary/aromatic N) is 1. The molecule has 7 heteroatoms. The molecule has 1 heterocycles. The minimum Gasteiger partial charge on any atom is -0.497 e. The van der Waals surface area contributed by atoms with Gasteiger partial charge in [0, 0.05) is 22.5 Å². The van der Waals surface area contributed by atoms with Crippen molar-refractivity contribution in [1.29, 1.82) is 0 Å². The van der Waals surface area contributed by atoms with Crippen molar-refractivity contribution in [3.05, 3.63) is 58.9 Å². The molecule has 3 aromatic rings. The van der Waals surface area contributed by atoms with Crippen LogP contribution in [0.1, 0.15) is 32.0 Å². The molecule has 1 N–H and O–H groups in total. The molecule has 0 aliphatic carbocycles. The van der Waals surface area contributed by atoms with Gasteiger partial charge in [-0.25, -0.2) is 4.79 Å². The average Bonchev–Trinajstić information content (AvgIpc) is 2.70. The smallest absolute Gasteiger partial charge is 0.337 e. The number of hydrogen-bond donors (Lipinski definition) is 1. The predicted octanol–water partition coefficient (Wildman–Crippen LogP) is 3.50. The van der Waals surface area contributed by atoms with Crippen LogP contribution in [0.15, 0.2) is 36.5 Å². The minimum absolute atomic E-state index is 0.0330. The molecule has 0 radical (unpaired) electrons. The van der Waals surface area contributed by atoms with Gasteiger partial charge in [0.15, 0.2) is 11.5 Å². The number of ether oxygens (including phenoxy) is 3. The first-order valence-corrected chi connectivity index (χ1v) is 8.38. The number of fused-ring (bicyclic) bond motifs is 1. The molecule has 0 amide bonds. The lowest BCUT2D eigenvalue weighted by molar-refractivity contribution is 0.0698. The van der Waals surface area contributed by atoms with Gasteiger partial charge in [-0.1, -0.05) is 0 Å². The second kappa shape index (κ2) is 7.56. The van der Waals surface area contributed by atoms with Gasteiger partial charge in [-0.15, -0.1) is 0 Å². The Morgan fingerprint density at radius 3 is 2.11 bits per heavy atom. The molecule has 0 spiro atoms. The number of carboxylic acid groups (broad SMARTS) is 1. The number of methoxy groups -OCH3 is 3. The van der Waals surface area contributed by atoms with E-state index < -0.39 is 5.97 Å². The number of ketones is 1. The third-order valence-electron chi connectivity index (χ3n) is 4.39. The second-order valence-electron chi connectivity index (χ2n) is 6.15. The van der Waals surface area contributed by atoms with E-state index in [1.807, 2.05) is 13.0 Å². The van der Waals surface area contributed by atoms with E-state index in [1.165, 1.54) is 33.6 Å². The highest BCUT2D eigenvalue weighted by Gasteiger charge is 2.21. The van der Waals surface area contributed by atoms with Crippen LogP contribution in [0.3, 0.4) is 0 Å². The molecule has 0 aliphatic heterocycles. The number of benzene rings is 2. The van der Waals surface area contributed by atoms with Gasteiger partial charge in [-0.05, 0) is 42.8 Å². The van der Waals surface area contributed by atoms with E-state index in [-0.39, 0.29) is 17.0 Å². The van der Waals surface area contributed by atoms with Gasteiger partial charge < -0.3 is 19.3 Å². The molecule has 0 saturated heterocycles. The lowest BCUT2D eigenvalue weighted by Gasteiger charge is -2.13. The Morgan fingerprint density at radius 2 is 1.54 bits per heavy atom. The fourth-order valence-electron chi connectivity index (χ4n) is 3.05. The highest BCUT2D eigenvalue weighted by molar-refractivity contribution is 6.18. The van der Waals surface area contributed by atoms with Crippen molar-refractivity contribution < 1.29 is 28.9 Å². The molecular formula is C21H19NO6. The van der Waals surface area contributed by atoms with E-state index in [9.17, 15) is 14.7 Å². The summed E-state index contributed by atoms with van der Waals surface area (Å²) in [5, 5.41) is 10.2. The number of carbonyl (C=O) groups excluding carboxylic acids is 1. The molecule has 3 rings (SSSR count). The van der Waals surface area contributed by atoms with Crippen molar-refractivity contribution in [2.45, 2.75) is 6.92 Å². The fourth-order valence-corrected chi connectivity index (χ4v) is 3.05. The number of aryl methyl sites for hydroxylation is 1. The van der Waals surface area contributed by atoms with E-state index >= 15 is 0 Å². The monoisotopic (exact) mass is 381 g/mol. The highest BCUT2D eigenvalue weighted by Crippen LogP contribution is 2.35. The van der Waals surface area contributed by atoms with Gasteiger partial charge >= 0.3 is 5.97 Å². The normalized spacial score (nSPS) is 10.6. The topological polar surface area (TPSA) is 95.0 Å². The van der Waals surface area contributed by atoms with Gasteiger partial charge in [-0.3, -0.25) is 9.78 Å². The summed E-state index contributed by atoms with van der Waals surface area (Å²) in [6, 6.07) is 8.25. The Balaban J connectivity index is 2.29. The Hall–Kier alpha value is -3.61. The van der Waals surface area contributed by atoms with Gasteiger partial charge in [-0.2, -0.15) is 0 Å². The van der Waals surface area contributed by atoms with Crippen molar-refractivity contribution in [2.75, 3.05) is 21.3 Å². The Kier molecular flexibility index (Phi) is 5.17. The van der Waals surface area contributed by atoms with E-state index in [2.05, 4.69) is 4.98 Å². The van der Waals surface area contributed by atoms with Gasteiger partial charge in [0.1, 0.15) is 11.4 Å². The van der Waals surface area contributed by atoms with Crippen LogP contribution in [0.4, 0.5) is 0 Å². The molecular weight excluding hydrogens is 362 g/mol. The molecule has 0 aliphatic rings. The SMILES string of the molecule is COc1cc(C)cc(C(=O)c2ncc(C(=O)O)c3cc(OC)c(OC)cc23)c1. The van der Waals surface area contributed by atoms with E-state index in [0.29, 0.717) is 33.6 Å². The zero-order chi connectivity index (χ0) is 20.4. The van der Waals surface area contributed by atoms with Crippen LogP contribution in [0.2, 0.25) is 0 Å². The molecule has 28 heavy (non-hydrogen) atoms. The third kappa shape index (κ3) is 3.34. The van der Waals surface area contributed by atoms with Gasteiger partial charge in [0.2, 0.25) is 5.78 Å². The molecule has 0 saturated carbocycles. The van der Waals surface area contributed by atoms with Crippen LogP contribution >= 0.6 is 0 Å². The molecule has 144 valence electrons. The number of pyridine rings is 1. The maximum absolute atomic E-state index is 13.2. The summed E-state index contributed by atoms with van der Waals surface area (Å²) in [4.78, 5) is 29.0. The molecule has 2 aromatic carbocycles. The summed E-state index contributed by atoms with van der Waals surface area (Å²) in [7, 11) is 4.44. The molecule has 0 fully saturated rings. The standard InChI is InChI=1S/C21H19NO6/c1-11-5-12(7-13(6-11)26-2)20(23)19-15-9-18(28-4)17(27-3)8-14(15)16(10-22-19)21(24)25/h5-10H,1-4H3,(H,24,25). The van der Waals surface area contributed by atoms with Crippen molar-refractivity contribution in [1.82, 2.24) is 4.98 Å². The summed E-state index contributed by atoms with van der Waals surface area (Å²) >= 11 is 0. The first-order valence-electron chi connectivity index (χ1n) is 8.38. The zero-order valence-electron chi connectivity index (χ0n) is 15.9. The van der Waals surface area contributed by atoms with E-state index in [4.69, 9.17) is 14.2 Å². The van der Waals surface area contributed by atoms with Gasteiger partial charge in [0.25, 0.3) is 0 Å². The van der Waals surface area contributed by atoms with E-state index in [1.54, 1.807) is 18.2 Å². The quantitative estimate of drug-likeness (QED) is 0.653. The number of carboxylic acids is 1. The number of rotatable bonds is 6. The second-order valence-corrected chi connectivity index (χ2v) is 6.15. The summed E-state index contributed by atoms with van der Waals surface area (Å²) in [6.07, 6.45) is 1.18. The number of aromatic nitrogens is 1. The average molecular weight is 381 g/mol. The third-order valence-corrected chi connectivity index (χ3v) is 4.39. The first-order chi connectivity index (χ1) is 13.4. The summed E-state index contributed by atoms with van der Waals surface area (Å²) in [5.41, 5.74) is 1.33. The fraction of sp³-hybridized carbons (Fsp3) is 0.190. The predicted molar refractivity (Wildman–Crippen MR) is 103 cm³/mol. The van der Waals surface area contributed by atoms with Crippen LogP contribution < -0.4 is 14.2 Å². The minimum atomic E-state index is -1.15. The zero-order valence-corrected chi connectivity index (χ0v) is 15.9. The van der Waals surface area contributed by atoms with Crippen LogP contribution in [-0.2, 0) is 0 Å². The summed E-state index contributed by atoms with van der Waals surface area (Å²) in [5.74, 6) is -0.222. The molecule has 1 aromatic heterocycles. The van der Waals surface area contributed by atoms with Crippen LogP contribution in [0.5, 0.6) is 17.2 Å². The summed E-state index contributed by atoms with van der Waals surface area (Å²) < 4.78 is 15.8. The molecule has 0 bridgehead atoms. The van der Waals surface area contributed by atoms with Crippen molar-refractivity contribution in [3.63, 3.8) is 0 Å². The Bertz CT molecular complexity index is 1090. The Morgan fingerprint density at radius 1 is 0.893 bits per heavy atom. The number of hydrogen-bond acceptors (Lipinski definition) is 6. The number of carbonyl (C=O) groups is 2. The van der Waals surface area contributed by atoms with Crippen LogP contribution in [0, 0.1) is 6.92 Å². The van der Waals surface area contributed by atoms with Crippen LogP contribution in [-0.4, -0.2) is 43.2 Å². The summed E-state index contributed by atoms with van der Waals surface area (Å²) in [6.45, 7) is 1.85. The van der Waals surface area contributed by atoms with E-state index in [0.717, 1.165) is 5.56 Å². The highest BCUT2D eigenvalue weighted by atomic mass is 16.5. The molecule has 0 unspecified atom stereocenters. The molecule has 0 atom stereocenters. The number of aromatic carboxylic acids is 1. The largest absolute Gasteiger partial charge is 0.497 e. The van der Waals surface area contributed by atoms with Crippen molar-refractivity contribution in [3.8, 4) is 17.2 Å². The van der Waals surface area contributed by atoms with Crippen LogP contribution in [0.25, 0.3) is 10.8 Å². The molecule has 7 nitrogen and oxygen atoms in total. The van der Waals surface area contributed by atoms with Crippen molar-refractivity contribution >= 4 is 22.5 Å².